The zero-order valence-electron chi connectivity index (χ0n) is 12.1. The predicted molar refractivity (Wildman–Crippen MR) is 78.3 cm³/mol. The van der Waals surface area contributed by atoms with Crippen LogP contribution in [0.15, 0.2) is 6.20 Å². The second-order valence-corrected chi connectivity index (χ2v) is 5.66. The van der Waals surface area contributed by atoms with Crippen LogP contribution in [0.4, 0.5) is 0 Å². The molecular weight excluding hydrogens is 278 g/mol. The monoisotopic (exact) mass is 299 g/mol. The summed E-state index contributed by atoms with van der Waals surface area (Å²) in [7, 11) is 1.63. The lowest BCUT2D eigenvalue weighted by Crippen LogP contribution is -2.48. The molecule has 1 fully saturated rings. The van der Waals surface area contributed by atoms with Crippen molar-refractivity contribution in [1.29, 1.82) is 0 Å². The molecule has 1 aliphatic rings. The van der Waals surface area contributed by atoms with Crippen molar-refractivity contribution in [3.05, 3.63) is 16.9 Å². The Labute approximate surface area is 124 Å². The van der Waals surface area contributed by atoms with Crippen molar-refractivity contribution in [2.75, 3.05) is 20.3 Å². The fourth-order valence-electron chi connectivity index (χ4n) is 2.92. The Hall–Kier alpha value is -0.910. The Bertz CT molecular complexity index is 467. The van der Waals surface area contributed by atoms with Crippen molar-refractivity contribution < 1.29 is 9.53 Å². The van der Waals surface area contributed by atoms with Crippen LogP contribution in [0.5, 0.6) is 0 Å². The van der Waals surface area contributed by atoms with E-state index in [-0.39, 0.29) is 5.78 Å². The number of halogens is 1. The molecule has 1 unspecified atom stereocenters. The molecule has 2 heterocycles. The summed E-state index contributed by atoms with van der Waals surface area (Å²) in [6.45, 7) is 4.02. The van der Waals surface area contributed by atoms with Crippen LogP contribution in [-0.4, -0.2) is 41.4 Å². The maximum absolute atomic E-state index is 13.0. The summed E-state index contributed by atoms with van der Waals surface area (Å²) in [5.41, 5.74) is 0.0371. The molecule has 20 heavy (non-hydrogen) atoms. The highest BCUT2D eigenvalue weighted by atomic mass is 35.5. The summed E-state index contributed by atoms with van der Waals surface area (Å²) in [5, 5.41) is 8.01. The number of rotatable bonds is 7. The average Bonchev–Trinajstić information content (AvgIpc) is 3.04. The van der Waals surface area contributed by atoms with Gasteiger partial charge in [0.2, 0.25) is 5.78 Å². The zero-order chi connectivity index (χ0) is 14.6. The standard InChI is InChI=1S/C14H22ClN3O2/c1-3-5-14(6-4-7-16-14)13(19)12-11(15)10-17-18(12)8-9-20-2/h10,16H,3-9H2,1-2H3. The minimum atomic E-state index is -0.469. The van der Waals surface area contributed by atoms with E-state index in [1.807, 2.05) is 0 Å². The van der Waals surface area contributed by atoms with E-state index in [1.54, 1.807) is 18.0 Å². The molecule has 0 aromatic carbocycles. The van der Waals surface area contributed by atoms with Crippen LogP contribution in [0.1, 0.15) is 43.1 Å². The number of ketones is 1. The van der Waals surface area contributed by atoms with Gasteiger partial charge >= 0.3 is 0 Å². The minimum absolute atomic E-state index is 0.0652. The highest BCUT2D eigenvalue weighted by molar-refractivity contribution is 6.34. The van der Waals surface area contributed by atoms with Crippen molar-refractivity contribution in [2.24, 2.45) is 0 Å². The van der Waals surface area contributed by atoms with Crippen molar-refractivity contribution in [3.8, 4) is 0 Å². The first-order valence-corrected chi connectivity index (χ1v) is 7.52. The van der Waals surface area contributed by atoms with Crippen LogP contribution in [-0.2, 0) is 11.3 Å². The number of carbonyl (C=O) groups is 1. The van der Waals surface area contributed by atoms with Gasteiger partial charge in [-0.1, -0.05) is 24.9 Å². The molecular formula is C14H22ClN3O2. The Kier molecular flexibility index (Phi) is 5.18. The van der Waals surface area contributed by atoms with E-state index in [0.29, 0.717) is 23.9 Å². The van der Waals surface area contributed by atoms with Gasteiger partial charge in [0, 0.05) is 7.11 Å². The quantitative estimate of drug-likeness (QED) is 0.785. The second-order valence-electron chi connectivity index (χ2n) is 5.25. The molecule has 1 aromatic rings. The van der Waals surface area contributed by atoms with Gasteiger partial charge < -0.3 is 10.1 Å². The lowest BCUT2D eigenvalue weighted by Gasteiger charge is -2.28. The maximum Gasteiger partial charge on any atom is 0.202 e. The number of methoxy groups -OCH3 is 1. The topological polar surface area (TPSA) is 56.2 Å². The zero-order valence-corrected chi connectivity index (χ0v) is 12.9. The SMILES string of the molecule is CCCC1(C(=O)c2c(Cl)cnn2CCOC)CCCN1. The first-order chi connectivity index (χ1) is 9.64. The van der Waals surface area contributed by atoms with Crippen LogP contribution in [0.25, 0.3) is 0 Å². The second kappa shape index (κ2) is 6.70. The summed E-state index contributed by atoms with van der Waals surface area (Å²) < 4.78 is 6.72. The molecule has 0 amide bonds. The molecule has 112 valence electrons. The third kappa shape index (κ3) is 2.90. The van der Waals surface area contributed by atoms with Crippen molar-refractivity contribution in [1.82, 2.24) is 15.1 Å². The Morgan fingerprint density at radius 1 is 1.65 bits per heavy atom. The largest absolute Gasteiger partial charge is 0.383 e. The van der Waals surface area contributed by atoms with Gasteiger partial charge in [-0.3, -0.25) is 9.48 Å². The third-order valence-corrected chi connectivity index (χ3v) is 4.15. The van der Waals surface area contributed by atoms with Gasteiger partial charge in [-0.15, -0.1) is 0 Å². The van der Waals surface area contributed by atoms with Gasteiger partial charge in [0.15, 0.2) is 0 Å². The Balaban J connectivity index is 2.29. The molecule has 6 heteroatoms. The lowest BCUT2D eigenvalue weighted by molar-refractivity contribution is 0.0843. The molecule has 2 rings (SSSR count). The molecule has 0 spiro atoms. The molecule has 0 aliphatic carbocycles. The van der Waals surface area contributed by atoms with Gasteiger partial charge in [0.25, 0.3) is 0 Å². The van der Waals surface area contributed by atoms with Crippen molar-refractivity contribution in [3.63, 3.8) is 0 Å². The highest BCUT2D eigenvalue weighted by Crippen LogP contribution is 2.31. The number of hydrogen-bond donors (Lipinski definition) is 1. The van der Waals surface area contributed by atoms with E-state index < -0.39 is 5.54 Å². The number of aromatic nitrogens is 2. The molecule has 0 saturated carbocycles. The van der Waals surface area contributed by atoms with Crippen LogP contribution in [0.3, 0.4) is 0 Å². The van der Waals surface area contributed by atoms with E-state index in [2.05, 4.69) is 17.3 Å². The summed E-state index contributed by atoms with van der Waals surface area (Å²) in [6, 6.07) is 0. The fourth-order valence-corrected chi connectivity index (χ4v) is 3.14. The van der Waals surface area contributed by atoms with Gasteiger partial charge in [0.05, 0.1) is 29.9 Å². The van der Waals surface area contributed by atoms with E-state index in [0.717, 1.165) is 32.2 Å². The number of ether oxygens (including phenoxy) is 1. The van der Waals surface area contributed by atoms with E-state index in [4.69, 9.17) is 16.3 Å². The van der Waals surface area contributed by atoms with Crippen LogP contribution in [0.2, 0.25) is 5.02 Å². The molecule has 1 aliphatic heterocycles. The number of carbonyl (C=O) groups excluding carboxylic acids is 1. The summed E-state index contributed by atoms with van der Waals surface area (Å²) in [5.74, 6) is 0.0652. The molecule has 1 atom stereocenters. The minimum Gasteiger partial charge on any atom is -0.383 e. The van der Waals surface area contributed by atoms with Crippen LogP contribution >= 0.6 is 11.6 Å². The summed E-state index contributed by atoms with van der Waals surface area (Å²) >= 11 is 6.19. The lowest BCUT2D eigenvalue weighted by atomic mass is 9.85. The Morgan fingerprint density at radius 3 is 3.05 bits per heavy atom. The maximum atomic E-state index is 13.0. The van der Waals surface area contributed by atoms with Crippen LogP contribution in [0, 0.1) is 0 Å². The molecule has 0 bridgehead atoms. The van der Waals surface area contributed by atoms with Gasteiger partial charge in [-0.2, -0.15) is 5.10 Å². The van der Waals surface area contributed by atoms with Gasteiger partial charge in [0.1, 0.15) is 5.69 Å². The van der Waals surface area contributed by atoms with Gasteiger partial charge in [-0.05, 0) is 25.8 Å². The molecule has 1 aromatic heterocycles. The van der Waals surface area contributed by atoms with E-state index in [1.165, 1.54) is 0 Å². The molecule has 1 N–H and O–H groups in total. The van der Waals surface area contributed by atoms with E-state index >= 15 is 0 Å². The van der Waals surface area contributed by atoms with Crippen LogP contribution < -0.4 is 5.32 Å². The normalized spacial score (nSPS) is 22.4. The number of nitrogens with one attached hydrogen (secondary N) is 1. The van der Waals surface area contributed by atoms with Gasteiger partial charge in [-0.25, -0.2) is 0 Å². The smallest absolute Gasteiger partial charge is 0.202 e. The summed E-state index contributed by atoms with van der Waals surface area (Å²) in [6.07, 6.45) is 5.22. The highest BCUT2D eigenvalue weighted by Gasteiger charge is 2.42. The predicted octanol–water partition coefficient (Wildman–Crippen LogP) is 2.29. The number of nitrogens with zero attached hydrogens (tertiary/aromatic N) is 2. The molecule has 5 nitrogen and oxygen atoms in total. The number of hydrogen-bond acceptors (Lipinski definition) is 4. The van der Waals surface area contributed by atoms with E-state index in [9.17, 15) is 4.79 Å². The third-order valence-electron chi connectivity index (χ3n) is 3.87. The van der Waals surface area contributed by atoms with Crippen molar-refractivity contribution >= 4 is 17.4 Å². The number of Topliss-reactive ketones (excluding diaryl/α,β-unsaturated/α-hetero) is 1. The molecule has 1 saturated heterocycles. The Morgan fingerprint density at radius 2 is 2.45 bits per heavy atom. The fraction of sp³-hybridized carbons (Fsp3) is 0.714. The first-order valence-electron chi connectivity index (χ1n) is 7.14. The molecule has 0 radical (unpaired) electrons. The average molecular weight is 300 g/mol. The first kappa shape index (κ1) is 15.5. The van der Waals surface area contributed by atoms with Crippen molar-refractivity contribution in [2.45, 2.75) is 44.7 Å². The summed E-state index contributed by atoms with van der Waals surface area (Å²) in [4.78, 5) is 13.0.